The molecule has 0 amide bonds. The molecule has 2 unspecified atom stereocenters. The smallest absolute Gasteiger partial charge is 0.0476 e. The second-order valence-corrected chi connectivity index (χ2v) is 5.54. The largest absolute Gasteiger partial charge is 0.307 e. The van der Waals surface area contributed by atoms with Crippen molar-refractivity contribution in [3.05, 3.63) is 84.4 Å². The van der Waals surface area contributed by atoms with E-state index in [2.05, 4.69) is 77.5 Å². The molecule has 1 aliphatic heterocycles. The maximum atomic E-state index is 3.92. The molecule has 21 heavy (non-hydrogen) atoms. The fourth-order valence-electron chi connectivity index (χ4n) is 3.09. The third-order valence-corrected chi connectivity index (χ3v) is 4.17. The minimum Gasteiger partial charge on any atom is -0.307 e. The third kappa shape index (κ3) is 3.23. The predicted molar refractivity (Wildman–Crippen MR) is 88.1 cm³/mol. The van der Waals surface area contributed by atoms with Crippen LogP contribution in [0.25, 0.3) is 0 Å². The van der Waals surface area contributed by atoms with Crippen LogP contribution in [0.5, 0.6) is 0 Å². The van der Waals surface area contributed by atoms with E-state index in [9.17, 15) is 0 Å². The van der Waals surface area contributed by atoms with Crippen LogP contribution in [0.1, 0.15) is 23.2 Å². The zero-order valence-electron chi connectivity index (χ0n) is 12.3. The van der Waals surface area contributed by atoms with Crippen LogP contribution in [0.4, 0.5) is 0 Å². The van der Waals surface area contributed by atoms with Gasteiger partial charge in [-0.05, 0) is 11.1 Å². The maximum absolute atomic E-state index is 3.92. The van der Waals surface area contributed by atoms with Crippen LogP contribution < -0.4 is 5.32 Å². The molecule has 2 heteroatoms. The van der Waals surface area contributed by atoms with E-state index in [1.165, 1.54) is 11.1 Å². The number of hydrogen-bond acceptors (Lipinski definition) is 2. The van der Waals surface area contributed by atoms with Crippen molar-refractivity contribution in [2.24, 2.45) is 0 Å². The Bertz CT molecular complexity index is 565. The van der Waals surface area contributed by atoms with Gasteiger partial charge in [0, 0.05) is 31.7 Å². The number of hydrogen-bond donors (Lipinski definition) is 1. The Morgan fingerprint density at radius 2 is 1.62 bits per heavy atom. The third-order valence-electron chi connectivity index (χ3n) is 4.17. The molecule has 0 aromatic heterocycles. The fourth-order valence-corrected chi connectivity index (χ4v) is 3.09. The number of rotatable bonds is 4. The van der Waals surface area contributed by atoms with E-state index >= 15 is 0 Å². The van der Waals surface area contributed by atoms with Crippen molar-refractivity contribution in [2.75, 3.05) is 19.6 Å². The van der Waals surface area contributed by atoms with Crippen molar-refractivity contribution in [1.82, 2.24) is 10.2 Å². The van der Waals surface area contributed by atoms with Gasteiger partial charge in [0.1, 0.15) is 0 Å². The summed E-state index contributed by atoms with van der Waals surface area (Å²) >= 11 is 0. The van der Waals surface area contributed by atoms with E-state index in [0.29, 0.717) is 12.1 Å². The van der Waals surface area contributed by atoms with E-state index in [1.807, 2.05) is 6.08 Å². The van der Waals surface area contributed by atoms with E-state index in [-0.39, 0.29) is 0 Å². The predicted octanol–water partition coefficient (Wildman–Crippen LogP) is 3.56. The Kier molecular flexibility index (Phi) is 4.49. The Balaban J connectivity index is 1.79. The second-order valence-electron chi connectivity index (χ2n) is 5.54. The SMILES string of the molecule is C=CCN1CC(c2ccccc2)NCC1c1ccccc1. The standard InChI is InChI=1S/C19H22N2/c1-2-13-21-15-18(16-9-5-3-6-10-16)20-14-19(21)17-11-7-4-8-12-17/h2-12,18-20H,1,13-15H2. The first-order valence-electron chi connectivity index (χ1n) is 7.56. The molecule has 0 radical (unpaired) electrons. The van der Waals surface area contributed by atoms with Crippen molar-refractivity contribution >= 4 is 0 Å². The summed E-state index contributed by atoms with van der Waals surface area (Å²) in [4.78, 5) is 2.51. The van der Waals surface area contributed by atoms with Crippen LogP contribution in [-0.2, 0) is 0 Å². The first kappa shape index (κ1) is 14.1. The molecular formula is C19H22N2. The Morgan fingerprint density at radius 1 is 1.00 bits per heavy atom. The maximum Gasteiger partial charge on any atom is 0.0476 e. The molecule has 3 rings (SSSR count). The summed E-state index contributed by atoms with van der Waals surface area (Å²) in [6.07, 6.45) is 2.00. The molecule has 2 nitrogen and oxygen atoms in total. The minimum absolute atomic E-state index is 0.395. The van der Waals surface area contributed by atoms with Gasteiger partial charge >= 0.3 is 0 Å². The van der Waals surface area contributed by atoms with Crippen molar-refractivity contribution in [2.45, 2.75) is 12.1 Å². The molecule has 2 aromatic rings. The van der Waals surface area contributed by atoms with E-state index in [0.717, 1.165) is 19.6 Å². The lowest BCUT2D eigenvalue weighted by Crippen LogP contribution is -2.47. The molecule has 108 valence electrons. The lowest BCUT2D eigenvalue weighted by molar-refractivity contribution is 0.146. The molecule has 0 saturated carbocycles. The zero-order chi connectivity index (χ0) is 14.5. The average Bonchev–Trinajstić information content (AvgIpc) is 2.57. The van der Waals surface area contributed by atoms with Gasteiger partial charge in [0.15, 0.2) is 0 Å². The molecule has 2 atom stereocenters. The fraction of sp³-hybridized carbons (Fsp3) is 0.263. The van der Waals surface area contributed by atoms with Gasteiger partial charge < -0.3 is 5.32 Å². The second kappa shape index (κ2) is 6.70. The summed E-state index contributed by atoms with van der Waals surface area (Å²) in [7, 11) is 0. The van der Waals surface area contributed by atoms with Crippen molar-refractivity contribution in [3.63, 3.8) is 0 Å². The van der Waals surface area contributed by atoms with Crippen LogP contribution in [0.2, 0.25) is 0 Å². The highest BCUT2D eigenvalue weighted by Crippen LogP contribution is 2.28. The van der Waals surface area contributed by atoms with Crippen molar-refractivity contribution in [1.29, 1.82) is 0 Å². The van der Waals surface area contributed by atoms with Crippen LogP contribution in [0, 0.1) is 0 Å². The van der Waals surface area contributed by atoms with Gasteiger partial charge in [-0.2, -0.15) is 0 Å². The van der Waals surface area contributed by atoms with Gasteiger partial charge in [-0.3, -0.25) is 4.90 Å². The number of piperazine rings is 1. The molecule has 1 fully saturated rings. The summed E-state index contributed by atoms with van der Waals surface area (Å²) < 4.78 is 0. The lowest BCUT2D eigenvalue weighted by atomic mass is 9.97. The van der Waals surface area contributed by atoms with Crippen LogP contribution in [-0.4, -0.2) is 24.5 Å². The van der Waals surface area contributed by atoms with Crippen LogP contribution in [0.3, 0.4) is 0 Å². The van der Waals surface area contributed by atoms with Crippen LogP contribution in [0.15, 0.2) is 73.3 Å². The summed E-state index contributed by atoms with van der Waals surface area (Å²) in [5.74, 6) is 0. The van der Waals surface area contributed by atoms with Gasteiger partial charge in [0.05, 0.1) is 0 Å². The van der Waals surface area contributed by atoms with Gasteiger partial charge in [0.2, 0.25) is 0 Å². The molecule has 0 spiro atoms. The number of nitrogens with zero attached hydrogens (tertiary/aromatic N) is 1. The highest BCUT2D eigenvalue weighted by Gasteiger charge is 2.28. The molecule has 1 N–H and O–H groups in total. The molecule has 1 aliphatic rings. The quantitative estimate of drug-likeness (QED) is 0.860. The normalized spacial score (nSPS) is 22.9. The molecule has 0 bridgehead atoms. The molecular weight excluding hydrogens is 256 g/mol. The minimum atomic E-state index is 0.395. The molecule has 1 heterocycles. The Labute approximate surface area is 127 Å². The van der Waals surface area contributed by atoms with Gasteiger partial charge in [-0.25, -0.2) is 0 Å². The summed E-state index contributed by atoms with van der Waals surface area (Å²) in [5.41, 5.74) is 2.73. The molecule has 1 saturated heterocycles. The Hall–Kier alpha value is -1.90. The lowest BCUT2D eigenvalue weighted by Gasteiger charge is -2.40. The summed E-state index contributed by atoms with van der Waals surface area (Å²) in [5, 5.41) is 3.70. The first-order valence-corrected chi connectivity index (χ1v) is 7.56. The summed E-state index contributed by atoms with van der Waals surface area (Å²) in [6, 6.07) is 22.2. The van der Waals surface area contributed by atoms with Gasteiger partial charge in [0.25, 0.3) is 0 Å². The average molecular weight is 278 g/mol. The summed E-state index contributed by atoms with van der Waals surface area (Å²) in [6.45, 7) is 6.82. The molecule has 0 aliphatic carbocycles. The number of benzene rings is 2. The van der Waals surface area contributed by atoms with E-state index in [4.69, 9.17) is 0 Å². The van der Waals surface area contributed by atoms with Crippen molar-refractivity contribution < 1.29 is 0 Å². The van der Waals surface area contributed by atoms with Crippen LogP contribution >= 0.6 is 0 Å². The molecule has 2 aromatic carbocycles. The van der Waals surface area contributed by atoms with E-state index < -0.39 is 0 Å². The van der Waals surface area contributed by atoms with Gasteiger partial charge in [-0.15, -0.1) is 6.58 Å². The monoisotopic (exact) mass is 278 g/mol. The Morgan fingerprint density at radius 3 is 2.24 bits per heavy atom. The first-order chi connectivity index (χ1) is 10.4. The topological polar surface area (TPSA) is 15.3 Å². The van der Waals surface area contributed by atoms with Gasteiger partial charge in [-0.1, -0.05) is 66.7 Å². The highest BCUT2D eigenvalue weighted by atomic mass is 15.2. The number of nitrogens with one attached hydrogen (secondary N) is 1. The van der Waals surface area contributed by atoms with E-state index in [1.54, 1.807) is 0 Å². The zero-order valence-corrected chi connectivity index (χ0v) is 12.3. The highest BCUT2D eigenvalue weighted by molar-refractivity contribution is 5.24. The van der Waals surface area contributed by atoms with Crippen molar-refractivity contribution in [3.8, 4) is 0 Å².